The summed E-state index contributed by atoms with van der Waals surface area (Å²) in [5.74, 6) is -0.0873. The number of carbonyl (C=O) groups excluding carboxylic acids is 2. The third-order valence-electron chi connectivity index (χ3n) is 4.34. The molecule has 0 saturated carbocycles. The van der Waals surface area contributed by atoms with Crippen LogP contribution < -0.4 is 10.6 Å². The molecule has 1 fully saturated rings. The predicted octanol–water partition coefficient (Wildman–Crippen LogP) is 4.02. The molecule has 26 heavy (non-hydrogen) atoms. The second-order valence-electron chi connectivity index (χ2n) is 6.34. The van der Waals surface area contributed by atoms with Gasteiger partial charge in [0.25, 0.3) is 5.91 Å². The lowest BCUT2D eigenvalue weighted by Gasteiger charge is -2.26. The second-order valence-corrected chi connectivity index (χ2v) is 6.78. The van der Waals surface area contributed by atoms with E-state index in [0.29, 0.717) is 16.3 Å². The summed E-state index contributed by atoms with van der Waals surface area (Å²) < 4.78 is 0. The molecule has 3 rings (SSSR count). The van der Waals surface area contributed by atoms with Crippen LogP contribution in [0.25, 0.3) is 0 Å². The summed E-state index contributed by atoms with van der Waals surface area (Å²) >= 11 is 5.90. The number of benzene rings is 2. The fourth-order valence-electron chi connectivity index (χ4n) is 2.96. The molecule has 0 aliphatic carbocycles. The van der Waals surface area contributed by atoms with E-state index >= 15 is 0 Å². The average Bonchev–Trinajstić information content (AvgIpc) is 2.67. The number of anilines is 2. The van der Waals surface area contributed by atoms with Crippen molar-refractivity contribution in [2.75, 3.05) is 30.3 Å². The lowest BCUT2D eigenvalue weighted by atomic mass is 10.1. The Labute approximate surface area is 158 Å². The normalized spacial score (nSPS) is 14.0. The van der Waals surface area contributed by atoms with Gasteiger partial charge in [-0.1, -0.05) is 17.7 Å². The second kappa shape index (κ2) is 8.72. The molecule has 0 atom stereocenters. The molecule has 6 heteroatoms. The van der Waals surface area contributed by atoms with Crippen LogP contribution in [0.5, 0.6) is 0 Å². The lowest BCUT2D eigenvalue weighted by Crippen LogP contribution is -2.35. The molecular weight excluding hydrogens is 350 g/mol. The largest absolute Gasteiger partial charge is 0.376 e. The molecule has 2 N–H and O–H groups in total. The number of halogens is 1. The summed E-state index contributed by atoms with van der Waals surface area (Å²) in [6.07, 6.45) is 3.35. The van der Waals surface area contributed by atoms with E-state index in [1.165, 1.54) is 6.42 Å². The molecule has 1 saturated heterocycles. The van der Waals surface area contributed by atoms with E-state index < -0.39 is 0 Å². The van der Waals surface area contributed by atoms with Crippen molar-refractivity contribution in [1.82, 2.24) is 4.90 Å². The van der Waals surface area contributed by atoms with Gasteiger partial charge in [-0.15, -0.1) is 0 Å². The highest BCUT2D eigenvalue weighted by Crippen LogP contribution is 2.16. The Hall–Kier alpha value is -2.53. The van der Waals surface area contributed by atoms with Crippen LogP contribution in [0.3, 0.4) is 0 Å². The fraction of sp³-hybridized carbons (Fsp3) is 0.300. The molecule has 1 aliphatic heterocycles. The SMILES string of the molecule is O=C(CNc1ccc(C(=O)N2CCCCC2)cc1)Nc1cccc(Cl)c1. The summed E-state index contributed by atoms with van der Waals surface area (Å²) in [6.45, 7) is 1.80. The van der Waals surface area contributed by atoms with E-state index in [4.69, 9.17) is 11.6 Å². The van der Waals surface area contributed by atoms with Crippen molar-refractivity contribution in [3.8, 4) is 0 Å². The van der Waals surface area contributed by atoms with E-state index in [9.17, 15) is 9.59 Å². The molecule has 0 radical (unpaired) electrons. The quantitative estimate of drug-likeness (QED) is 0.834. The Morgan fingerprint density at radius 1 is 0.962 bits per heavy atom. The summed E-state index contributed by atoms with van der Waals surface area (Å²) in [6, 6.07) is 14.3. The number of rotatable bonds is 5. The van der Waals surface area contributed by atoms with Gasteiger partial charge in [-0.25, -0.2) is 0 Å². The van der Waals surface area contributed by atoms with Crippen LogP contribution in [0.2, 0.25) is 5.02 Å². The Bertz CT molecular complexity index is 771. The first-order valence-electron chi connectivity index (χ1n) is 8.80. The molecule has 2 aromatic carbocycles. The van der Waals surface area contributed by atoms with Crippen LogP contribution in [-0.4, -0.2) is 36.3 Å². The molecule has 0 spiro atoms. The third-order valence-corrected chi connectivity index (χ3v) is 4.57. The van der Waals surface area contributed by atoms with Crippen LogP contribution in [0.15, 0.2) is 48.5 Å². The van der Waals surface area contributed by atoms with Crippen molar-refractivity contribution in [3.05, 3.63) is 59.1 Å². The van der Waals surface area contributed by atoms with Crippen molar-refractivity contribution >= 4 is 34.8 Å². The minimum Gasteiger partial charge on any atom is -0.376 e. The van der Waals surface area contributed by atoms with Crippen LogP contribution in [-0.2, 0) is 4.79 Å². The topological polar surface area (TPSA) is 61.4 Å². The molecule has 0 unspecified atom stereocenters. The molecular formula is C20H22ClN3O2. The Balaban J connectivity index is 1.51. The number of amides is 2. The van der Waals surface area contributed by atoms with Gasteiger partial charge >= 0.3 is 0 Å². The summed E-state index contributed by atoms with van der Waals surface area (Å²) in [5.41, 5.74) is 2.13. The first kappa shape index (κ1) is 18.3. The van der Waals surface area contributed by atoms with Crippen molar-refractivity contribution in [1.29, 1.82) is 0 Å². The molecule has 0 bridgehead atoms. The zero-order valence-corrected chi connectivity index (χ0v) is 15.3. The number of hydrogen-bond acceptors (Lipinski definition) is 3. The van der Waals surface area contributed by atoms with E-state index in [0.717, 1.165) is 31.6 Å². The number of nitrogens with one attached hydrogen (secondary N) is 2. The van der Waals surface area contributed by atoms with Gasteiger partial charge in [0.1, 0.15) is 0 Å². The first-order chi connectivity index (χ1) is 12.6. The standard InChI is InChI=1S/C20H22ClN3O2/c21-16-5-4-6-18(13-16)23-19(25)14-22-17-9-7-15(8-10-17)20(26)24-11-2-1-3-12-24/h4-10,13,22H,1-3,11-12,14H2,(H,23,25). The van der Waals surface area contributed by atoms with E-state index in [-0.39, 0.29) is 18.4 Å². The maximum absolute atomic E-state index is 12.4. The molecule has 0 aromatic heterocycles. The van der Waals surface area contributed by atoms with Gasteiger partial charge in [-0.2, -0.15) is 0 Å². The molecule has 2 amide bonds. The fourth-order valence-corrected chi connectivity index (χ4v) is 3.15. The number of carbonyl (C=O) groups is 2. The Kier molecular flexibility index (Phi) is 6.12. The molecule has 5 nitrogen and oxygen atoms in total. The van der Waals surface area contributed by atoms with Gasteiger partial charge in [0, 0.05) is 35.1 Å². The number of hydrogen-bond donors (Lipinski definition) is 2. The number of likely N-dealkylation sites (tertiary alicyclic amines) is 1. The highest BCUT2D eigenvalue weighted by atomic mass is 35.5. The Morgan fingerprint density at radius 3 is 2.38 bits per heavy atom. The van der Waals surface area contributed by atoms with E-state index in [2.05, 4.69) is 10.6 Å². The van der Waals surface area contributed by atoms with Gasteiger partial charge in [-0.05, 0) is 61.7 Å². The van der Waals surface area contributed by atoms with E-state index in [1.807, 2.05) is 17.0 Å². The highest BCUT2D eigenvalue weighted by Gasteiger charge is 2.17. The average molecular weight is 372 g/mol. The van der Waals surface area contributed by atoms with Crippen LogP contribution in [0, 0.1) is 0 Å². The summed E-state index contributed by atoms with van der Waals surface area (Å²) in [7, 11) is 0. The van der Waals surface area contributed by atoms with Gasteiger partial charge in [-0.3, -0.25) is 9.59 Å². The van der Waals surface area contributed by atoms with Gasteiger partial charge in [0.15, 0.2) is 0 Å². The smallest absolute Gasteiger partial charge is 0.253 e. The first-order valence-corrected chi connectivity index (χ1v) is 9.18. The molecule has 136 valence electrons. The minimum atomic E-state index is -0.166. The highest BCUT2D eigenvalue weighted by molar-refractivity contribution is 6.30. The zero-order chi connectivity index (χ0) is 18.4. The monoisotopic (exact) mass is 371 g/mol. The van der Waals surface area contributed by atoms with Crippen LogP contribution >= 0.6 is 11.6 Å². The maximum Gasteiger partial charge on any atom is 0.253 e. The molecule has 1 heterocycles. The summed E-state index contributed by atoms with van der Waals surface area (Å²) in [4.78, 5) is 26.3. The lowest BCUT2D eigenvalue weighted by molar-refractivity contribution is -0.114. The predicted molar refractivity (Wildman–Crippen MR) is 105 cm³/mol. The van der Waals surface area contributed by atoms with Crippen molar-refractivity contribution in [2.45, 2.75) is 19.3 Å². The summed E-state index contributed by atoms with van der Waals surface area (Å²) in [5, 5.41) is 6.41. The van der Waals surface area contributed by atoms with Crippen LogP contribution in [0.1, 0.15) is 29.6 Å². The number of piperidine rings is 1. The van der Waals surface area contributed by atoms with Gasteiger partial charge in [0.2, 0.25) is 5.91 Å². The zero-order valence-electron chi connectivity index (χ0n) is 14.5. The molecule has 1 aliphatic rings. The maximum atomic E-state index is 12.4. The van der Waals surface area contributed by atoms with Crippen molar-refractivity contribution < 1.29 is 9.59 Å². The number of nitrogens with zero attached hydrogens (tertiary/aromatic N) is 1. The van der Waals surface area contributed by atoms with Crippen LogP contribution in [0.4, 0.5) is 11.4 Å². The minimum absolute atomic E-state index is 0.0787. The van der Waals surface area contributed by atoms with Gasteiger partial charge in [0.05, 0.1) is 6.54 Å². The molecule has 2 aromatic rings. The third kappa shape index (κ3) is 4.99. The van der Waals surface area contributed by atoms with Crippen molar-refractivity contribution in [2.24, 2.45) is 0 Å². The van der Waals surface area contributed by atoms with Crippen molar-refractivity contribution in [3.63, 3.8) is 0 Å². The van der Waals surface area contributed by atoms with E-state index in [1.54, 1.807) is 36.4 Å². The Morgan fingerprint density at radius 2 is 1.69 bits per heavy atom. The van der Waals surface area contributed by atoms with Gasteiger partial charge < -0.3 is 15.5 Å².